The van der Waals surface area contributed by atoms with E-state index in [1.165, 1.54) is 6.42 Å². The summed E-state index contributed by atoms with van der Waals surface area (Å²) in [5.41, 5.74) is 0. The quantitative estimate of drug-likeness (QED) is 0.674. The molecule has 1 saturated heterocycles. The monoisotopic (exact) mass is 201 g/mol. The van der Waals surface area contributed by atoms with Gasteiger partial charge in [-0.25, -0.2) is 0 Å². The van der Waals surface area contributed by atoms with Crippen molar-refractivity contribution in [3.8, 4) is 0 Å². The molecule has 3 atom stereocenters. The van der Waals surface area contributed by atoms with Crippen molar-refractivity contribution in [2.75, 3.05) is 26.3 Å². The Labute approximate surface area is 86.8 Å². The summed E-state index contributed by atoms with van der Waals surface area (Å²) in [4.78, 5) is 0. The lowest BCUT2D eigenvalue weighted by molar-refractivity contribution is 0.0868. The van der Waals surface area contributed by atoms with Gasteiger partial charge >= 0.3 is 0 Å². The first-order valence-electron chi connectivity index (χ1n) is 5.71. The summed E-state index contributed by atoms with van der Waals surface area (Å²) in [7, 11) is 0. The minimum Gasteiger partial charge on any atom is -0.396 e. The third-order valence-corrected chi connectivity index (χ3v) is 2.96. The Morgan fingerprint density at radius 2 is 2.36 bits per heavy atom. The Hall–Kier alpha value is -0.120. The van der Waals surface area contributed by atoms with Crippen LogP contribution >= 0.6 is 0 Å². The third kappa shape index (κ3) is 3.56. The standard InChI is InChI=1S/C11H23NO2/c1-3-11-10(4-5-14-11)7-12-6-9(2)8-13/h9-13H,3-8H2,1-2H3. The van der Waals surface area contributed by atoms with Crippen LogP contribution in [0.2, 0.25) is 0 Å². The molecule has 0 aromatic heterocycles. The minimum atomic E-state index is 0.269. The van der Waals surface area contributed by atoms with Gasteiger partial charge in [0, 0.05) is 19.8 Å². The fraction of sp³-hybridized carbons (Fsp3) is 1.00. The van der Waals surface area contributed by atoms with Gasteiger partial charge in [-0.1, -0.05) is 13.8 Å². The van der Waals surface area contributed by atoms with E-state index in [0.29, 0.717) is 17.9 Å². The van der Waals surface area contributed by atoms with Gasteiger partial charge in [-0.05, 0) is 31.2 Å². The lowest BCUT2D eigenvalue weighted by atomic mass is 9.99. The molecule has 0 bridgehead atoms. The van der Waals surface area contributed by atoms with E-state index in [0.717, 1.165) is 26.1 Å². The minimum absolute atomic E-state index is 0.269. The van der Waals surface area contributed by atoms with Crippen LogP contribution in [0.15, 0.2) is 0 Å². The van der Waals surface area contributed by atoms with E-state index in [-0.39, 0.29) is 6.61 Å². The highest BCUT2D eigenvalue weighted by molar-refractivity contribution is 4.77. The molecule has 84 valence electrons. The van der Waals surface area contributed by atoms with Crippen LogP contribution in [0.5, 0.6) is 0 Å². The molecule has 0 amide bonds. The second kappa shape index (κ2) is 6.38. The zero-order valence-corrected chi connectivity index (χ0v) is 9.33. The van der Waals surface area contributed by atoms with Gasteiger partial charge in [0.2, 0.25) is 0 Å². The van der Waals surface area contributed by atoms with Gasteiger partial charge in [0.15, 0.2) is 0 Å². The molecular formula is C11H23NO2. The second-order valence-electron chi connectivity index (χ2n) is 4.31. The van der Waals surface area contributed by atoms with Crippen LogP contribution in [0.4, 0.5) is 0 Å². The van der Waals surface area contributed by atoms with Crippen LogP contribution in [0, 0.1) is 11.8 Å². The Balaban J connectivity index is 2.11. The molecule has 0 aliphatic carbocycles. The largest absolute Gasteiger partial charge is 0.396 e. The Kier molecular flexibility index (Phi) is 5.45. The molecule has 1 heterocycles. The zero-order valence-electron chi connectivity index (χ0n) is 9.33. The van der Waals surface area contributed by atoms with Crippen molar-refractivity contribution in [2.45, 2.75) is 32.8 Å². The van der Waals surface area contributed by atoms with Crippen molar-refractivity contribution < 1.29 is 9.84 Å². The normalized spacial score (nSPS) is 29.4. The summed E-state index contributed by atoms with van der Waals surface area (Å²) in [5.74, 6) is 1.03. The van der Waals surface area contributed by atoms with Crippen molar-refractivity contribution >= 4 is 0 Å². The highest BCUT2D eigenvalue weighted by atomic mass is 16.5. The van der Waals surface area contributed by atoms with Crippen molar-refractivity contribution in [1.29, 1.82) is 0 Å². The predicted octanol–water partition coefficient (Wildman–Crippen LogP) is 1.02. The van der Waals surface area contributed by atoms with Gasteiger partial charge in [0.25, 0.3) is 0 Å². The summed E-state index contributed by atoms with van der Waals surface area (Å²) in [5, 5.41) is 12.3. The Bertz CT molecular complexity index is 152. The van der Waals surface area contributed by atoms with Crippen molar-refractivity contribution in [3.05, 3.63) is 0 Å². The van der Waals surface area contributed by atoms with Crippen molar-refractivity contribution in [1.82, 2.24) is 5.32 Å². The van der Waals surface area contributed by atoms with Gasteiger partial charge in [-0.2, -0.15) is 0 Å². The molecule has 2 N–H and O–H groups in total. The van der Waals surface area contributed by atoms with Crippen LogP contribution < -0.4 is 5.32 Å². The maximum Gasteiger partial charge on any atom is 0.0613 e. The fourth-order valence-electron chi connectivity index (χ4n) is 1.96. The van der Waals surface area contributed by atoms with Crippen LogP contribution in [0.3, 0.4) is 0 Å². The van der Waals surface area contributed by atoms with E-state index in [4.69, 9.17) is 9.84 Å². The van der Waals surface area contributed by atoms with E-state index in [1.807, 2.05) is 0 Å². The predicted molar refractivity (Wildman–Crippen MR) is 57.3 cm³/mol. The number of rotatable bonds is 6. The van der Waals surface area contributed by atoms with E-state index in [1.54, 1.807) is 0 Å². The smallest absolute Gasteiger partial charge is 0.0613 e. The first-order valence-corrected chi connectivity index (χ1v) is 5.71. The number of aliphatic hydroxyl groups is 1. The molecule has 0 aromatic rings. The molecule has 1 aliphatic rings. The molecule has 14 heavy (non-hydrogen) atoms. The first-order chi connectivity index (χ1) is 6.77. The Morgan fingerprint density at radius 3 is 3.00 bits per heavy atom. The van der Waals surface area contributed by atoms with Crippen LogP contribution in [-0.4, -0.2) is 37.5 Å². The SMILES string of the molecule is CCC1OCCC1CNCC(C)CO. The topological polar surface area (TPSA) is 41.5 Å². The van der Waals surface area contributed by atoms with E-state index in [9.17, 15) is 0 Å². The van der Waals surface area contributed by atoms with E-state index < -0.39 is 0 Å². The molecular weight excluding hydrogens is 178 g/mol. The average molecular weight is 201 g/mol. The Morgan fingerprint density at radius 1 is 1.57 bits per heavy atom. The summed E-state index contributed by atoms with van der Waals surface area (Å²) in [6, 6.07) is 0. The van der Waals surface area contributed by atoms with Gasteiger partial charge < -0.3 is 15.2 Å². The molecule has 3 unspecified atom stereocenters. The highest BCUT2D eigenvalue weighted by Gasteiger charge is 2.25. The van der Waals surface area contributed by atoms with Crippen LogP contribution in [-0.2, 0) is 4.74 Å². The van der Waals surface area contributed by atoms with Gasteiger partial charge in [-0.15, -0.1) is 0 Å². The number of nitrogens with one attached hydrogen (secondary N) is 1. The lowest BCUT2D eigenvalue weighted by Crippen LogP contribution is -2.31. The molecule has 3 heteroatoms. The number of ether oxygens (including phenoxy) is 1. The van der Waals surface area contributed by atoms with E-state index in [2.05, 4.69) is 19.2 Å². The summed E-state index contributed by atoms with van der Waals surface area (Å²) in [6.45, 7) is 7.35. The van der Waals surface area contributed by atoms with E-state index >= 15 is 0 Å². The van der Waals surface area contributed by atoms with Crippen LogP contribution in [0.25, 0.3) is 0 Å². The van der Waals surface area contributed by atoms with Crippen molar-refractivity contribution in [2.24, 2.45) is 11.8 Å². The maximum atomic E-state index is 8.86. The molecule has 0 spiro atoms. The number of aliphatic hydroxyl groups excluding tert-OH is 1. The third-order valence-electron chi connectivity index (χ3n) is 2.96. The summed E-state index contributed by atoms with van der Waals surface area (Å²) >= 11 is 0. The fourth-order valence-corrected chi connectivity index (χ4v) is 1.96. The molecule has 3 nitrogen and oxygen atoms in total. The molecule has 0 saturated carbocycles. The molecule has 0 aromatic carbocycles. The maximum absolute atomic E-state index is 8.86. The van der Waals surface area contributed by atoms with Gasteiger partial charge in [-0.3, -0.25) is 0 Å². The molecule has 1 fully saturated rings. The second-order valence-corrected chi connectivity index (χ2v) is 4.31. The van der Waals surface area contributed by atoms with Gasteiger partial charge in [0.1, 0.15) is 0 Å². The molecule has 1 aliphatic heterocycles. The summed E-state index contributed by atoms with van der Waals surface area (Å²) < 4.78 is 5.61. The lowest BCUT2D eigenvalue weighted by Gasteiger charge is -2.18. The molecule has 0 radical (unpaired) electrons. The average Bonchev–Trinajstić information content (AvgIpc) is 2.65. The zero-order chi connectivity index (χ0) is 10.4. The number of hydrogen-bond donors (Lipinski definition) is 2. The van der Waals surface area contributed by atoms with Gasteiger partial charge in [0.05, 0.1) is 6.10 Å². The first kappa shape index (κ1) is 12.0. The van der Waals surface area contributed by atoms with Crippen LogP contribution in [0.1, 0.15) is 26.7 Å². The van der Waals surface area contributed by atoms with Crippen molar-refractivity contribution in [3.63, 3.8) is 0 Å². The number of hydrogen-bond acceptors (Lipinski definition) is 3. The molecule has 1 rings (SSSR count). The highest BCUT2D eigenvalue weighted by Crippen LogP contribution is 2.22. The summed E-state index contributed by atoms with van der Waals surface area (Å²) in [6.07, 6.45) is 2.74.